The lowest BCUT2D eigenvalue weighted by atomic mass is 10.2. The first-order valence-corrected chi connectivity index (χ1v) is 16.4. The number of carboxylic acids is 1. The molecule has 2 N–H and O–H groups in total. The van der Waals surface area contributed by atoms with Crippen LogP contribution < -0.4 is 0 Å². The van der Waals surface area contributed by atoms with E-state index in [4.69, 9.17) is 38.3 Å². The second-order valence-corrected chi connectivity index (χ2v) is 10.6. The fraction of sp³-hybridized carbons (Fsp3) is 0.750. The van der Waals surface area contributed by atoms with Gasteiger partial charge < -0.3 is 43.4 Å². The molecule has 17 nitrogen and oxygen atoms in total. The molecule has 0 aliphatic heterocycles. The third-order valence-electron chi connectivity index (χ3n) is 6.92. The predicted octanol–water partition coefficient (Wildman–Crippen LogP) is 2.09. The van der Waals surface area contributed by atoms with Crippen molar-refractivity contribution >= 4 is 47.8 Å². The van der Waals surface area contributed by atoms with Crippen molar-refractivity contribution in [3.63, 3.8) is 0 Å². The molecule has 17 heteroatoms. The maximum atomic E-state index is 12.9. The van der Waals surface area contributed by atoms with Crippen LogP contribution in [0.15, 0.2) is 0 Å². The molecule has 0 aliphatic carbocycles. The molecule has 0 aromatic heterocycles. The number of aliphatic hydroxyl groups is 1. The van der Waals surface area contributed by atoms with Crippen LogP contribution >= 0.6 is 0 Å². The number of hydrogen-bond donors (Lipinski definition) is 2. The van der Waals surface area contributed by atoms with E-state index in [0.29, 0.717) is 0 Å². The topological polar surface area (TPSA) is 242 Å². The molecule has 0 aromatic carbocycles. The van der Waals surface area contributed by atoms with Crippen molar-refractivity contribution in [1.29, 1.82) is 0 Å². The third-order valence-corrected chi connectivity index (χ3v) is 6.92. The standard InChI is InChI=1S/C32H50O17/c1-9-17(33)26(36)44-19(11-3)28(38)46-21(13-5)30(40)48-23(15-7)32(42)49-24(16-8)31(41)47-22(14-6)29(39)45-20(12-4)27(37)43-18(10-2)25(34)35/h17-24,33H,9-16H2,1-8H3,(H,34,35)/t17-,18-,19-,20-,21-,22-,23-,24-/m0/s1. The summed E-state index contributed by atoms with van der Waals surface area (Å²) in [4.78, 5) is 99.4. The van der Waals surface area contributed by atoms with E-state index in [9.17, 15) is 43.5 Å². The normalized spacial score (nSPS) is 15.8. The smallest absolute Gasteiger partial charge is 0.348 e. The van der Waals surface area contributed by atoms with E-state index in [1.807, 2.05) is 0 Å². The Labute approximate surface area is 285 Å². The van der Waals surface area contributed by atoms with Crippen molar-refractivity contribution in [2.75, 3.05) is 0 Å². The van der Waals surface area contributed by atoms with E-state index in [2.05, 4.69) is 0 Å². The second kappa shape index (κ2) is 23.1. The molecular weight excluding hydrogens is 656 g/mol. The van der Waals surface area contributed by atoms with Crippen LogP contribution in [0.1, 0.15) is 107 Å². The number of aliphatic carboxylic acids is 1. The minimum Gasteiger partial charge on any atom is -0.479 e. The summed E-state index contributed by atoms with van der Waals surface area (Å²) in [6.07, 6.45) is -12.3. The van der Waals surface area contributed by atoms with Crippen molar-refractivity contribution in [2.45, 2.75) is 156 Å². The van der Waals surface area contributed by atoms with E-state index < -0.39 is 96.6 Å². The molecule has 0 aliphatic rings. The average Bonchev–Trinajstić information content (AvgIpc) is 3.09. The molecule has 8 atom stereocenters. The van der Waals surface area contributed by atoms with E-state index in [-0.39, 0.29) is 51.4 Å². The molecule has 0 aromatic rings. The molecule has 49 heavy (non-hydrogen) atoms. The van der Waals surface area contributed by atoms with Gasteiger partial charge in [-0.05, 0) is 51.4 Å². The summed E-state index contributed by atoms with van der Waals surface area (Å²) in [6, 6.07) is 0. The van der Waals surface area contributed by atoms with Gasteiger partial charge in [-0.1, -0.05) is 55.4 Å². The molecule has 0 rings (SSSR count). The highest BCUT2D eigenvalue weighted by Gasteiger charge is 2.37. The van der Waals surface area contributed by atoms with Crippen LogP contribution in [0.5, 0.6) is 0 Å². The number of esters is 7. The van der Waals surface area contributed by atoms with Crippen molar-refractivity contribution in [1.82, 2.24) is 0 Å². The largest absolute Gasteiger partial charge is 0.479 e. The van der Waals surface area contributed by atoms with Gasteiger partial charge in [0.1, 0.15) is 0 Å². The van der Waals surface area contributed by atoms with Gasteiger partial charge >= 0.3 is 47.8 Å². The minimum absolute atomic E-state index is 0.0145. The Hall–Kier alpha value is -4.28. The summed E-state index contributed by atoms with van der Waals surface area (Å²) in [5.74, 6) is -9.07. The Balaban J connectivity index is 5.44. The fourth-order valence-electron chi connectivity index (χ4n) is 3.78. The van der Waals surface area contributed by atoms with Gasteiger partial charge in [0.2, 0.25) is 0 Å². The van der Waals surface area contributed by atoms with E-state index >= 15 is 0 Å². The van der Waals surface area contributed by atoms with Crippen LogP contribution in [-0.2, 0) is 71.5 Å². The lowest BCUT2D eigenvalue weighted by molar-refractivity contribution is -0.192. The van der Waals surface area contributed by atoms with Crippen LogP contribution in [0.4, 0.5) is 0 Å². The quantitative estimate of drug-likeness (QED) is 0.114. The number of rotatable bonds is 23. The van der Waals surface area contributed by atoms with Crippen molar-refractivity contribution in [3.8, 4) is 0 Å². The number of hydrogen-bond acceptors (Lipinski definition) is 16. The zero-order valence-electron chi connectivity index (χ0n) is 29.3. The van der Waals surface area contributed by atoms with Gasteiger partial charge in [0.05, 0.1) is 0 Å². The minimum atomic E-state index is -1.55. The van der Waals surface area contributed by atoms with Gasteiger partial charge in [0.25, 0.3) is 0 Å². The van der Waals surface area contributed by atoms with Gasteiger partial charge in [0.15, 0.2) is 48.8 Å². The Bertz CT molecular complexity index is 1130. The molecule has 0 fully saturated rings. The first-order chi connectivity index (χ1) is 23.1. The Morgan fingerprint density at radius 3 is 0.694 bits per heavy atom. The highest BCUT2D eigenvalue weighted by Crippen LogP contribution is 2.16. The molecule has 0 unspecified atom stereocenters. The molecule has 0 amide bonds. The van der Waals surface area contributed by atoms with Crippen LogP contribution in [0.25, 0.3) is 0 Å². The number of carboxylic acid groups (broad SMARTS) is 1. The van der Waals surface area contributed by atoms with Crippen molar-refractivity contribution < 1.29 is 81.7 Å². The molecule has 280 valence electrons. The third kappa shape index (κ3) is 14.8. The summed E-state index contributed by atoms with van der Waals surface area (Å²) in [7, 11) is 0. The molecule has 0 spiro atoms. The van der Waals surface area contributed by atoms with Crippen LogP contribution in [-0.4, -0.2) is 107 Å². The summed E-state index contributed by atoms with van der Waals surface area (Å²) < 4.78 is 35.8. The number of carbonyl (C=O) groups is 8. The van der Waals surface area contributed by atoms with Gasteiger partial charge in [-0.3, -0.25) is 0 Å². The summed E-state index contributed by atoms with van der Waals surface area (Å²) in [6.45, 7) is 12.0. The zero-order chi connectivity index (χ0) is 37.8. The van der Waals surface area contributed by atoms with E-state index in [0.717, 1.165) is 0 Å². The maximum Gasteiger partial charge on any atom is 0.348 e. The van der Waals surface area contributed by atoms with Crippen LogP contribution in [0.3, 0.4) is 0 Å². The SMILES string of the molecule is CC[C@H](OC(=O)[C@H](CC)OC(=O)[C@H](CC)OC(=O)[C@H](CC)OC(=O)[C@H](CC)OC(=O)[C@H](CC)OC(=O)[C@H](CC)OC(=O)[C@@H](O)CC)C(=O)O. The Morgan fingerprint density at radius 2 is 0.531 bits per heavy atom. The summed E-state index contributed by atoms with van der Waals surface area (Å²) in [5, 5.41) is 18.7. The second-order valence-electron chi connectivity index (χ2n) is 10.6. The molecular formula is C32H50O17. The van der Waals surface area contributed by atoms with Crippen molar-refractivity contribution in [2.24, 2.45) is 0 Å². The molecule has 0 radical (unpaired) electrons. The predicted molar refractivity (Wildman–Crippen MR) is 165 cm³/mol. The number of carbonyl (C=O) groups excluding carboxylic acids is 7. The summed E-state index contributed by atoms with van der Waals surface area (Å²) >= 11 is 0. The molecule has 0 heterocycles. The molecule has 0 bridgehead atoms. The van der Waals surface area contributed by atoms with Gasteiger partial charge in [0, 0.05) is 0 Å². The first kappa shape index (κ1) is 44.7. The molecule has 0 saturated heterocycles. The van der Waals surface area contributed by atoms with Gasteiger partial charge in [-0.25, -0.2) is 38.4 Å². The lowest BCUT2D eigenvalue weighted by Crippen LogP contribution is -2.42. The maximum absolute atomic E-state index is 12.9. The average molecular weight is 707 g/mol. The van der Waals surface area contributed by atoms with Gasteiger partial charge in [-0.2, -0.15) is 0 Å². The Morgan fingerprint density at radius 1 is 0.347 bits per heavy atom. The van der Waals surface area contributed by atoms with Crippen LogP contribution in [0, 0.1) is 0 Å². The lowest BCUT2D eigenvalue weighted by Gasteiger charge is -2.24. The first-order valence-electron chi connectivity index (χ1n) is 16.4. The van der Waals surface area contributed by atoms with Crippen LogP contribution in [0.2, 0.25) is 0 Å². The van der Waals surface area contributed by atoms with Crippen molar-refractivity contribution in [3.05, 3.63) is 0 Å². The fourth-order valence-corrected chi connectivity index (χ4v) is 3.78. The highest BCUT2D eigenvalue weighted by molar-refractivity contribution is 5.88. The number of ether oxygens (including phenoxy) is 7. The van der Waals surface area contributed by atoms with E-state index in [1.54, 1.807) is 0 Å². The monoisotopic (exact) mass is 706 g/mol. The Kier molecular flexibility index (Phi) is 21.1. The number of aliphatic hydroxyl groups excluding tert-OH is 1. The highest BCUT2D eigenvalue weighted by atomic mass is 16.7. The summed E-state index contributed by atoms with van der Waals surface area (Å²) in [5.41, 5.74) is 0. The van der Waals surface area contributed by atoms with E-state index in [1.165, 1.54) is 55.4 Å². The molecule has 0 saturated carbocycles. The zero-order valence-corrected chi connectivity index (χ0v) is 29.3. The van der Waals surface area contributed by atoms with Gasteiger partial charge in [-0.15, -0.1) is 0 Å².